The predicted molar refractivity (Wildman–Crippen MR) is 78.2 cm³/mol. The maximum absolute atomic E-state index is 12.9. The second kappa shape index (κ2) is 6.44. The predicted octanol–water partition coefficient (Wildman–Crippen LogP) is 1.92. The molecule has 1 saturated heterocycles. The van der Waals surface area contributed by atoms with Gasteiger partial charge in [-0.1, -0.05) is 12.8 Å². The topological polar surface area (TPSA) is 55.6 Å². The van der Waals surface area contributed by atoms with Crippen molar-refractivity contribution in [2.75, 3.05) is 19.7 Å². The van der Waals surface area contributed by atoms with Crippen LogP contribution in [0.25, 0.3) is 0 Å². The number of amides is 1. The van der Waals surface area contributed by atoms with Crippen LogP contribution in [0.4, 0.5) is 0 Å². The zero-order valence-electron chi connectivity index (χ0n) is 12.4. The molecule has 4 heteroatoms. The molecular weight excluding hydrogens is 252 g/mol. The third-order valence-electron chi connectivity index (χ3n) is 5.47. The lowest BCUT2D eigenvalue weighted by Gasteiger charge is -2.41. The zero-order valence-corrected chi connectivity index (χ0v) is 12.4. The van der Waals surface area contributed by atoms with Crippen LogP contribution in [-0.4, -0.2) is 42.6 Å². The summed E-state index contributed by atoms with van der Waals surface area (Å²) in [5, 5.41) is 0. The van der Waals surface area contributed by atoms with Crippen LogP contribution >= 0.6 is 0 Å². The molecule has 0 spiro atoms. The van der Waals surface area contributed by atoms with E-state index in [9.17, 15) is 4.79 Å². The number of nitrogens with two attached hydrogens (primary N) is 1. The molecule has 1 heterocycles. The number of carbonyl (C=O) groups is 1. The molecule has 4 unspecified atom stereocenters. The van der Waals surface area contributed by atoms with Crippen molar-refractivity contribution in [2.24, 2.45) is 17.6 Å². The summed E-state index contributed by atoms with van der Waals surface area (Å²) < 4.78 is 5.82. The molecule has 0 radical (unpaired) electrons. The summed E-state index contributed by atoms with van der Waals surface area (Å²) in [5.74, 6) is 1.33. The van der Waals surface area contributed by atoms with Gasteiger partial charge in [-0.3, -0.25) is 4.79 Å². The van der Waals surface area contributed by atoms with Gasteiger partial charge < -0.3 is 15.4 Å². The van der Waals surface area contributed by atoms with E-state index in [1.54, 1.807) is 0 Å². The number of hydrogen-bond acceptors (Lipinski definition) is 3. The van der Waals surface area contributed by atoms with Crippen LogP contribution in [-0.2, 0) is 9.53 Å². The Labute approximate surface area is 122 Å². The van der Waals surface area contributed by atoms with Gasteiger partial charge in [0.1, 0.15) is 0 Å². The Morgan fingerprint density at radius 3 is 2.90 bits per heavy atom. The van der Waals surface area contributed by atoms with Crippen LogP contribution in [0.1, 0.15) is 51.4 Å². The maximum Gasteiger partial charge on any atom is 0.226 e. The van der Waals surface area contributed by atoms with Gasteiger partial charge in [-0.15, -0.1) is 0 Å². The first-order valence-electron chi connectivity index (χ1n) is 8.41. The van der Waals surface area contributed by atoms with Crippen LogP contribution in [0.2, 0.25) is 0 Å². The van der Waals surface area contributed by atoms with Gasteiger partial charge in [0.25, 0.3) is 0 Å². The van der Waals surface area contributed by atoms with E-state index >= 15 is 0 Å². The average Bonchev–Trinajstić information content (AvgIpc) is 2.95. The molecule has 0 aromatic rings. The maximum atomic E-state index is 12.9. The van der Waals surface area contributed by atoms with Crippen LogP contribution in [0.3, 0.4) is 0 Å². The Hall–Kier alpha value is -0.610. The molecule has 4 atom stereocenters. The molecular formula is C16H28N2O2. The van der Waals surface area contributed by atoms with Gasteiger partial charge in [-0.2, -0.15) is 0 Å². The fourth-order valence-corrected chi connectivity index (χ4v) is 4.45. The van der Waals surface area contributed by atoms with E-state index in [2.05, 4.69) is 4.90 Å². The molecule has 2 N–H and O–H groups in total. The molecule has 0 aromatic carbocycles. The second-order valence-corrected chi connectivity index (χ2v) is 6.75. The van der Waals surface area contributed by atoms with E-state index in [0.717, 1.165) is 51.8 Å². The number of carbonyl (C=O) groups excluding carboxylic acids is 1. The molecule has 0 bridgehead atoms. The second-order valence-electron chi connectivity index (χ2n) is 6.75. The number of rotatable bonds is 3. The monoisotopic (exact) mass is 280 g/mol. The summed E-state index contributed by atoms with van der Waals surface area (Å²) in [7, 11) is 0. The summed E-state index contributed by atoms with van der Waals surface area (Å²) in [6, 6.07) is 0.367. The Morgan fingerprint density at radius 2 is 2.05 bits per heavy atom. The highest BCUT2D eigenvalue weighted by Gasteiger charge is 2.41. The molecule has 1 aliphatic heterocycles. The Morgan fingerprint density at radius 1 is 1.20 bits per heavy atom. The first-order valence-corrected chi connectivity index (χ1v) is 8.41. The van der Waals surface area contributed by atoms with Crippen molar-refractivity contribution in [2.45, 2.75) is 63.5 Å². The summed E-state index contributed by atoms with van der Waals surface area (Å²) >= 11 is 0. The van der Waals surface area contributed by atoms with Gasteiger partial charge in [0.15, 0.2) is 0 Å². The lowest BCUT2D eigenvalue weighted by Crippen LogP contribution is -2.53. The fraction of sp³-hybridized carbons (Fsp3) is 0.938. The van der Waals surface area contributed by atoms with Crippen LogP contribution in [0.15, 0.2) is 0 Å². The Kier molecular flexibility index (Phi) is 4.61. The summed E-state index contributed by atoms with van der Waals surface area (Å²) in [4.78, 5) is 15.0. The van der Waals surface area contributed by atoms with Crippen molar-refractivity contribution in [3.8, 4) is 0 Å². The third kappa shape index (κ3) is 2.86. The minimum Gasteiger partial charge on any atom is -0.374 e. The van der Waals surface area contributed by atoms with Crippen LogP contribution in [0.5, 0.6) is 0 Å². The van der Waals surface area contributed by atoms with E-state index in [1.165, 1.54) is 19.3 Å². The van der Waals surface area contributed by atoms with E-state index < -0.39 is 0 Å². The van der Waals surface area contributed by atoms with Gasteiger partial charge >= 0.3 is 0 Å². The smallest absolute Gasteiger partial charge is 0.226 e. The van der Waals surface area contributed by atoms with Gasteiger partial charge in [0.05, 0.1) is 18.8 Å². The lowest BCUT2D eigenvalue weighted by molar-refractivity contribution is -0.149. The molecule has 2 saturated carbocycles. The van der Waals surface area contributed by atoms with Crippen molar-refractivity contribution in [1.29, 1.82) is 0 Å². The molecule has 114 valence electrons. The molecule has 3 aliphatic rings. The minimum atomic E-state index is 0.250. The number of ether oxygens (including phenoxy) is 1. The highest BCUT2D eigenvalue weighted by atomic mass is 16.5. The lowest BCUT2D eigenvalue weighted by atomic mass is 9.79. The van der Waals surface area contributed by atoms with Crippen molar-refractivity contribution < 1.29 is 9.53 Å². The SMILES string of the molecule is NCCC1CCCC(C(=O)N2CCOC3CCCC32)C1. The molecule has 3 rings (SSSR count). The first kappa shape index (κ1) is 14.3. The van der Waals surface area contributed by atoms with Crippen LogP contribution in [0, 0.1) is 11.8 Å². The third-order valence-corrected chi connectivity index (χ3v) is 5.47. The van der Waals surface area contributed by atoms with Gasteiger partial charge in [-0.25, -0.2) is 0 Å². The largest absolute Gasteiger partial charge is 0.374 e. The fourth-order valence-electron chi connectivity index (χ4n) is 4.45. The van der Waals surface area contributed by atoms with Crippen molar-refractivity contribution >= 4 is 5.91 Å². The number of fused-ring (bicyclic) bond motifs is 1. The van der Waals surface area contributed by atoms with Gasteiger partial charge in [-0.05, 0) is 51.0 Å². The van der Waals surface area contributed by atoms with E-state index in [-0.39, 0.29) is 5.92 Å². The zero-order chi connectivity index (χ0) is 13.9. The molecule has 3 fully saturated rings. The normalized spacial score (nSPS) is 37.8. The average molecular weight is 280 g/mol. The molecule has 4 nitrogen and oxygen atoms in total. The van der Waals surface area contributed by atoms with Crippen molar-refractivity contribution in [3.63, 3.8) is 0 Å². The number of morpholine rings is 1. The summed E-state index contributed by atoms with van der Waals surface area (Å²) in [5.41, 5.74) is 5.68. The Balaban J connectivity index is 1.62. The standard InChI is InChI=1S/C16H28N2O2/c17-8-7-12-3-1-4-13(11-12)16(19)18-9-10-20-15-6-2-5-14(15)18/h12-15H,1-11,17H2. The quantitative estimate of drug-likeness (QED) is 0.859. The van der Waals surface area contributed by atoms with E-state index in [1.807, 2.05) is 0 Å². The number of nitrogens with zero attached hydrogens (tertiary/aromatic N) is 1. The summed E-state index contributed by atoms with van der Waals surface area (Å²) in [6.07, 6.45) is 9.47. The Bertz CT molecular complexity index is 345. The van der Waals surface area contributed by atoms with Gasteiger partial charge in [0.2, 0.25) is 5.91 Å². The highest BCUT2D eigenvalue weighted by Crippen LogP contribution is 2.35. The summed E-state index contributed by atoms with van der Waals surface area (Å²) in [6.45, 7) is 2.29. The molecule has 2 aliphatic carbocycles. The van der Waals surface area contributed by atoms with Crippen molar-refractivity contribution in [3.05, 3.63) is 0 Å². The first-order chi connectivity index (χ1) is 9.79. The molecule has 1 amide bonds. The highest BCUT2D eigenvalue weighted by molar-refractivity contribution is 5.79. The van der Waals surface area contributed by atoms with Crippen molar-refractivity contribution in [1.82, 2.24) is 4.90 Å². The molecule has 0 aromatic heterocycles. The van der Waals surface area contributed by atoms with E-state index in [4.69, 9.17) is 10.5 Å². The minimum absolute atomic E-state index is 0.250. The van der Waals surface area contributed by atoms with Gasteiger partial charge in [0, 0.05) is 12.5 Å². The number of hydrogen-bond donors (Lipinski definition) is 1. The van der Waals surface area contributed by atoms with E-state index in [0.29, 0.717) is 24.0 Å². The van der Waals surface area contributed by atoms with Crippen LogP contribution < -0.4 is 5.73 Å². The molecule has 20 heavy (non-hydrogen) atoms.